The molecule has 0 saturated heterocycles. The van der Waals surface area contributed by atoms with Crippen LogP contribution in [-0.2, 0) is 6.54 Å². The number of anilines is 2. The third kappa shape index (κ3) is 6.22. The van der Waals surface area contributed by atoms with Crippen LogP contribution < -0.4 is 21.1 Å². The van der Waals surface area contributed by atoms with E-state index in [1.54, 1.807) is 6.07 Å². The largest absolute Gasteiger partial charge is 0.573 e. The molecule has 10 heteroatoms. The van der Waals surface area contributed by atoms with Crippen LogP contribution in [0.1, 0.15) is 36.8 Å². The number of para-hydroxylation sites is 1. The minimum atomic E-state index is -4.78. The quantitative estimate of drug-likeness (QED) is 0.625. The molecule has 1 aliphatic rings. The molecule has 0 spiro atoms. The second-order valence-corrected chi connectivity index (χ2v) is 7.24. The Labute approximate surface area is 172 Å². The van der Waals surface area contributed by atoms with Crippen LogP contribution in [0.5, 0.6) is 5.75 Å². The standard InChI is InChI=1S/C20H23F3N6O/c21-20(22,23)30-17-4-2-1-3-14(17)11-27-19-28-12-15(9-24)18(29-19)26-10-13-5-7-16(25)8-6-13/h1-4,12-13,16H,5-8,10-11,25H2,(H2,26,27,28,29). The van der Waals surface area contributed by atoms with Crippen LogP contribution in [0.25, 0.3) is 0 Å². The van der Waals surface area contributed by atoms with Crippen molar-refractivity contribution in [3.8, 4) is 11.8 Å². The van der Waals surface area contributed by atoms with Crippen molar-refractivity contribution in [1.29, 1.82) is 5.26 Å². The van der Waals surface area contributed by atoms with Gasteiger partial charge in [0, 0.05) is 24.7 Å². The van der Waals surface area contributed by atoms with E-state index in [0.29, 0.717) is 29.4 Å². The molecule has 0 atom stereocenters. The van der Waals surface area contributed by atoms with Gasteiger partial charge in [-0.25, -0.2) is 4.98 Å². The second-order valence-electron chi connectivity index (χ2n) is 7.24. The highest BCUT2D eigenvalue weighted by molar-refractivity contribution is 5.53. The lowest BCUT2D eigenvalue weighted by Crippen LogP contribution is -2.29. The molecule has 1 saturated carbocycles. The molecule has 0 aliphatic heterocycles. The van der Waals surface area contributed by atoms with Crippen molar-refractivity contribution < 1.29 is 17.9 Å². The fourth-order valence-electron chi connectivity index (χ4n) is 3.37. The molecule has 0 unspecified atom stereocenters. The van der Waals surface area contributed by atoms with Gasteiger partial charge in [0.05, 0.1) is 6.20 Å². The van der Waals surface area contributed by atoms with Crippen molar-refractivity contribution in [2.24, 2.45) is 11.7 Å². The van der Waals surface area contributed by atoms with E-state index >= 15 is 0 Å². The van der Waals surface area contributed by atoms with E-state index in [1.165, 1.54) is 24.4 Å². The Balaban J connectivity index is 1.65. The van der Waals surface area contributed by atoms with Crippen LogP contribution in [0.3, 0.4) is 0 Å². The fraction of sp³-hybridized carbons (Fsp3) is 0.450. The summed E-state index contributed by atoms with van der Waals surface area (Å²) in [5.74, 6) is 0.753. The topological polar surface area (TPSA) is 109 Å². The van der Waals surface area contributed by atoms with E-state index in [0.717, 1.165) is 25.7 Å². The first-order chi connectivity index (χ1) is 14.3. The number of alkyl halides is 3. The number of nitrogens with zero attached hydrogens (tertiary/aromatic N) is 3. The molecule has 160 valence electrons. The van der Waals surface area contributed by atoms with Gasteiger partial charge in [-0.3, -0.25) is 0 Å². The summed E-state index contributed by atoms with van der Waals surface area (Å²) in [7, 11) is 0. The van der Waals surface area contributed by atoms with Crippen molar-refractivity contribution >= 4 is 11.8 Å². The SMILES string of the molecule is N#Cc1cnc(NCc2ccccc2OC(F)(F)F)nc1NCC1CCC(N)CC1. The normalized spacial score (nSPS) is 19.0. The third-order valence-electron chi connectivity index (χ3n) is 4.99. The molecule has 7 nitrogen and oxygen atoms in total. The zero-order valence-electron chi connectivity index (χ0n) is 16.2. The fourth-order valence-corrected chi connectivity index (χ4v) is 3.37. The van der Waals surface area contributed by atoms with Gasteiger partial charge in [0.1, 0.15) is 23.2 Å². The number of hydrogen-bond donors (Lipinski definition) is 3. The lowest BCUT2D eigenvalue weighted by Gasteiger charge is -2.26. The average Bonchev–Trinajstić information content (AvgIpc) is 2.71. The zero-order valence-corrected chi connectivity index (χ0v) is 16.2. The van der Waals surface area contributed by atoms with E-state index in [-0.39, 0.29) is 24.3 Å². The summed E-state index contributed by atoms with van der Waals surface area (Å²) in [4.78, 5) is 8.39. The van der Waals surface area contributed by atoms with Gasteiger partial charge in [-0.15, -0.1) is 13.2 Å². The Morgan fingerprint density at radius 1 is 1.17 bits per heavy atom. The summed E-state index contributed by atoms with van der Waals surface area (Å²) >= 11 is 0. The highest BCUT2D eigenvalue weighted by atomic mass is 19.4. The summed E-state index contributed by atoms with van der Waals surface area (Å²) in [5.41, 5.74) is 6.53. The predicted octanol–water partition coefficient (Wildman–Crippen LogP) is 3.79. The Bertz CT molecular complexity index is 891. The molecule has 4 N–H and O–H groups in total. The summed E-state index contributed by atoms with van der Waals surface area (Å²) in [6.45, 7) is 0.693. The van der Waals surface area contributed by atoms with Gasteiger partial charge in [0.25, 0.3) is 0 Å². The first-order valence-corrected chi connectivity index (χ1v) is 9.68. The van der Waals surface area contributed by atoms with Crippen LogP contribution in [0.4, 0.5) is 24.9 Å². The number of nitriles is 1. The zero-order chi connectivity index (χ0) is 21.6. The summed E-state index contributed by atoms with van der Waals surface area (Å²) in [5, 5.41) is 15.4. The molecule has 0 bridgehead atoms. The monoisotopic (exact) mass is 420 g/mol. The smallest absolute Gasteiger partial charge is 0.405 e. The number of hydrogen-bond acceptors (Lipinski definition) is 7. The van der Waals surface area contributed by atoms with Crippen molar-refractivity contribution in [2.45, 2.75) is 44.6 Å². The van der Waals surface area contributed by atoms with Crippen LogP contribution in [0, 0.1) is 17.2 Å². The number of benzene rings is 1. The van der Waals surface area contributed by atoms with Gasteiger partial charge in [-0.1, -0.05) is 18.2 Å². The minimum absolute atomic E-state index is 0.0259. The maximum atomic E-state index is 12.6. The third-order valence-corrected chi connectivity index (χ3v) is 4.99. The van der Waals surface area contributed by atoms with Gasteiger partial charge in [-0.05, 0) is 37.7 Å². The number of aromatic nitrogens is 2. The highest BCUT2D eigenvalue weighted by Gasteiger charge is 2.32. The summed E-state index contributed by atoms with van der Waals surface area (Å²) in [6, 6.07) is 8.14. The van der Waals surface area contributed by atoms with Crippen molar-refractivity contribution in [3.63, 3.8) is 0 Å². The molecule has 0 amide bonds. The molecule has 0 radical (unpaired) electrons. The highest BCUT2D eigenvalue weighted by Crippen LogP contribution is 2.27. The molecule has 30 heavy (non-hydrogen) atoms. The number of nitrogens with one attached hydrogen (secondary N) is 2. The summed E-state index contributed by atoms with van der Waals surface area (Å²) < 4.78 is 41.8. The maximum absolute atomic E-state index is 12.6. The molecule has 1 fully saturated rings. The molecular weight excluding hydrogens is 397 g/mol. The molecule has 1 aromatic carbocycles. The van der Waals surface area contributed by atoms with E-state index in [4.69, 9.17) is 5.73 Å². The van der Waals surface area contributed by atoms with Crippen LogP contribution >= 0.6 is 0 Å². The minimum Gasteiger partial charge on any atom is -0.405 e. The average molecular weight is 420 g/mol. The van der Waals surface area contributed by atoms with E-state index < -0.39 is 6.36 Å². The van der Waals surface area contributed by atoms with Crippen molar-refractivity contribution in [2.75, 3.05) is 17.2 Å². The van der Waals surface area contributed by atoms with Gasteiger partial charge in [-0.2, -0.15) is 10.2 Å². The number of halogens is 3. The molecule has 1 aromatic heterocycles. The predicted molar refractivity (Wildman–Crippen MR) is 106 cm³/mol. The lowest BCUT2D eigenvalue weighted by molar-refractivity contribution is -0.274. The molecule has 1 aliphatic carbocycles. The van der Waals surface area contributed by atoms with Crippen LogP contribution in [-0.4, -0.2) is 28.9 Å². The van der Waals surface area contributed by atoms with Crippen molar-refractivity contribution in [1.82, 2.24) is 9.97 Å². The Morgan fingerprint density at radius 2 is 1.90 bits per heavy atom. The van der Waals surface area contributed by atoms with Crippen LogP contribution in [0.2, 0.25) is 0 Å². The van der Waals surface area contributed by atoms with Gasteiger partial charge in [0.15, 0.2) is 0 Å². The van der Waals surface area contributed by atoms with Gasteiger partial charge in [0.2, 0.25) is 5.95 Å². The Hall–Kier alpha value is -3.06. The number of nitrogens with two attached hydrogens (primary N) is 1. The molecule has 1 heterocycles. The van der Waals surface area contributed by atoms with Crippen molar-refractivity contribution in [3.05, 3.63) is 41.6 Å². The van der Waals surface area contributed by atoms with E-state index in [1.807, 2.05) is 6.07 Å². The van der Waals surface area contributed by atoms with Gasteiger partial charge >= 0.3 is 6.36 Å². The van der Waals surface area contributed by atoms with Gasteiger partial charge < -0.3 is 21.1 Å². The molecular formula is C20H23F3N6O. The lowest BCUT2D eigenvalue weighted by atomic mass is 9.86. The Kier molecular flexibility index (Phi) is 6.95. The second kappa shape index (κ2) is 9.63. The number of rotatable bonds is 7. The summed E-state index contributed by atoms with van der Waals surface area (Å²) in [6.07, 6.45) is 0.596. The first kappa shape index (κ1) is 21.6. The maximum Gasteiger partial charge on any atom is 0.573 e. The van der Waals surface area contributed by atoms with Crippen LogP contribution in [0.15, 0.2) is 30.5 Å². The molecule has 3 rings (SSSR count). The first-order valence-electron chi connectivity index (χ1n) is 9.68. The van der Waals surface area contributed by atoms with E-state index in [2.05, 4.69) is 25.3 Å². The number of ether oxygens (including phenoxy) is 1. The van der Waals surface area contributed by atoms with E-state index in [9.17, 15) is 18.4 Å². The Morgan fingerprint density at radius 3 is 2.60 bits per heavy atom. The molecule has 2 aromatic rings.